The molecule has 37 heavy (non-hydrogen) atoms. The van der Waals surface area contributed by atoms with Crippen LogP contribution >= 0.6 is 22.9 Å². The molecule has 0 bridgehead atoms. The van der Waals surface area contributed by atoms with Crippen LogP contribution < -0.4 is 25.8 Å². The molecule has 11 heteroatoms. The first-order valence-electron chi connectivity index (χ1n) is 11.9. The van der Waals surface area contributed by atoms with Crippen LogP contribution in [0.2, 0.25) is 0 Å². The van der Waals surface area contributed by atoms with E-state index in [1.54, 1.807) is 23.2 Å². The van der Waals surface area contributed by atoms with E-state index in [4.69, 9.17) is 0 Å². The van der Waals surface area contributed by atoms with Gasteiger partial charge in [-0.3, -0.25) is 9.69 Å². The zero-order valence-electron chi connectivity index (χ0n) is 20.2. The van der Waals surface area contributed by atoms with Crippen molar-refractivity contribution in [2.24, 2.45) is 0 Å². The van der Waals surface area contributed by atoms with Gasteiger partial charge >= 0.3 is 6.03 Å². The Balaban J connectivity index is 1.29. The van der Waals surface area contributed by atoms with Crippen LogP contribution in [0.4, 0.5) is 33.6 Å². The van der Waals surface area contributed by atoms with Crippen LogP contribution in [0.5, 0.6) is 0 Å². The molecule has 3 aromatic rings. The van der Waals surface area contributed by atoms with Crippen molar-refractivity contribution in [1.29, 1.82) is 0 Å². The maximum Gasteiger partial charge on any atom is 0.323 e. The number of halogens is 1. The molecule has 2 aromatic carbocycles. The van der Waals surface area contributed by atoms with Gasteiger partial charge in [-0.25, -0.2) is 12.9 Å². The number of hydrogen-bond donors (Lipinski definition) is 3. The molecule has 10 nitrogen and oxygen atoms in total. The van der Waals surface area contributed by atoms with Gasteiger partial charge in [0.2, 0.25) is 11.9 Å². The van der Waals surface area contributed by atoms with Crippen LogP contribution in [0.1, 0.15) is 11.1 Å². The highest BCUT2D eigenvalue weighted by atomic mass is 127. The van der Waals surface area contributed by atoms with Gasteiger partial charge in [0.05, 0.1) is 6.54 Å². The van der Waals surface area contributed by atoms with E-state index in [9.17, 15) is 9.59 Å². The second kappa shape index (κ2) is 11.1. The lowest BCUT2D eigenvalue weighted by molar-refractivity contribution is -0.111. The van der Waals surface area contributed by atoms with E-state index in [0.717, 1.165) is 43.0 Å². The van der Waals surface area contributed by atoms with Gasteiger partial charge < -0.3 is 20.9 Å². The van der Waals surface area contributed by atoms with E-state index in [0.29, 0.717) is 30.5 Å². The number of hydrogen-bond acceptors (Lipinski definition) is 7. The number of amides is 3. The van der Waals surface area contributed by atoms with E-state index in [1.807, 2.05) is 24.3 Å². The largest absolute Gasteiger partial charge is 0.369 e. The third kappa shape index (κ3) is 6.00. The number of fused-ring (bicyclic) bond motifs is 1. The summed E-state index contributed by atoms with van der Waals surface area (Å²) in [6.45, 7) is 8.26. The summed E-state index contributed by atoms with van der Waals surface area (Å²) >= 11 is 2.37. The lowest BCUT2D eigenvalue weighted by atomic mass is 10.1. The van der Waals surface area contributed by atoms with Gasteiger partial charge in [0.1, 0.15) is 5.82 Å². The molecule has 0 aliphatic carbocycles. The van der Waals surface area contributed by atoms with E-state index < -0.39 is 0 Å². The van der Waals surface area contributed by atoms with Gasteiger partial charge in [-0.1, -0.05) is 18.7 Å². The number of carbonyl (C=O) groups is 2. The summed E-state index contributed by atoms with van der Waals surface area (Å²) in [6, 6.07) is 15.3. The van der Waals surface area contributed by atoms with Crippen molar-refractivity contribution in [1.82, 2.24) is 18.4 Å². The van der Waals surface area contributed by atoms with Crippen molar-refractivity contribution in [3.63, 3.8) is 0 Å². The summed E-state index contributed by atoms with van der Waals surface area (Å²) in [6.07, 6.45) is 2.96. The number of urea groups is 1. The Bertz CT molecular complexity index is 1290. The first-order chi connectivity index (χ1) is 18.0. The molecule has 2 aliphatic heterocycles. The molecule has 1 fully saturated rings. The summed E-state index contributed by atoms with van der Waals surface area (Å²) in [5.74, 6) is 0.716. The predicted molar refractivity (Wildman–Crippen MR) is 153 cm³/mol. The number of aromatic nitrogens is 2. The van der Waals surface area contributed by atoms with Crippen LogP contribution in [0.25, 0.3) is 0 Å². The Labute approximate surface area is 229 Å². The Morgan fingerprint density at radius 1 is 1.05 bits per heavy atom. The number of nitrogens with zero attached hydrogens (tertiary/aromatic N) is 5. The molecular formula is C26H27IN8O2. The molecular weight excluding hydrogens is 583 g/mol. The quantitative estimate of drug-likeness (QED) is 0.211. The topological polar surface area (TPSA) is 106 Å². The minimum absolute atomic E-state index is 0.225. The molecule has 0 radical (unpaired) electrons. The first kappa shape index (κ1) is 25.0. The van der Waals surface area contributed by atoms with Crippen molar-refractivity contribution in [3.8, 4) is 0 Å². The summed E-state index contributed by atoms with van der Waals surface area (Å²) < 4.78 is 2.31. The van der Waals surface area contributed by atoms with Crippen molar-refractivity contribution in [2.45, 2.75) is 13.1 Å². The number of rotatable bonds is 7. The maximum atomic E-state index is 12.7. The maximum absolute atomic E-state index is 12.7. The van der Waals surface area contributed by atoms with Crippen LogP contribution in [0.3, 0.4) is 0 Å². The molecule has 3 heterocycles. The van der Waals surface area contributed by atoms with Crippen molar-refractivity contribution in [3.05, 3.63) is 78.5 Å². The average Bonchev–Trinajstić information content (AvgIpc) is 2.92. The highest BCUT2D eigenvalue weighted by Gasteiger charge is 2.26. The number of carbonyl (C=O) groups excluding carboxylic acids is 2. The van der Waals surface area contributed by atoms with Gasteiger partial charge in [0.15, 0.2) is 0 Å². The summed E-state index contributed by atoms with van der Waals surface area (Å²) in [5, 5.41) is 8.86. The van der Waals surface area contributed by atoms with Gasteiger partial charge in [0.25, 0.3) is 0 Å². The molecule has 190 valence electrons. The van der Waals surface area contributed by atoms with E-state index in [-0.39, 0.29) is 11.9 Å². The van der Waals surface area contributed by atoms with Gasteiger partial charge in [-0.2, -0.15) is 4.98 Å². The Kier molecular flexibility index (Phi) is 7.51. The second-order valence-electron chi connectivity index (χ2n) is 8.75. The van der Waals surface area contributed by atoms with Crippen LogP contribution in [-0.2, 0) is 17.9 Å². The van der Waals surface area contributed by atoms with Gasteiger partial charge in [0, 0.05) is 84.4 Å². The molecule has 3 N–H and O–H groups in total. The fraction of sp³-hybridized carbons (Fsp3) is 0.231. The Morgan fingerprint density at radius 2 is 1.76 bits per heavy atom. The first-order valence-corrected chi connectivity index (χ1v) is 12.9. The van der Waals surface area contributed by atoms with Crippen molar-refractivity contribution >= 4 is 63.6 Å². The third-order valence-electron chi connectivity index (χ3n) is 6.23. The van der Waals surface area contributed by atoms with Crippen LogP contribution in [-0.4, -0.2) is 51.2 Å². The van der Waals surface area contributed by atoms with E-state index in [2.05, 4.69) is 75.5 Å². The van der Waals surface area contributed by atoms with Crippen molar-refractivity contribution in [2.75, 3.05) is 46.6 Å². The smallest absolute Gasteiger partial charge is 0.323 e. The number of nitrogens with one attached hydrogen (secondary N) is 3. The lowest BCUT2D eigenvalue weighted by Gasteiger charge is -2.33. The molecule has 1 saturated heterocycles. The summed E-state index contributed by atoms with van der Waals surface area (Å²) in [5.41, 5.74) is 4.46. The number of anilines is 5. The van der Waals surface area contributed by atoms with Crippen molar-refractivity contribution < 1.29 is 9.59 Å². The minimum Gasteiger partial charge on any atom is -0.369 e. The molecule has 0 spiro atoms. The molecule has 0 unspecified atom stereocenters. The summed E-state index contributed by atoms with van der Waals surface area (Å²) in [4.78, 5) is 37.4. The van der Waals surface area contributed by atoms with Gasteiger partial charge in [-0.15, -0.1) is 0 Å². The molecule has 1 aromatic heterocycles. The Morgan fingerprint density at radius 3 is 2.46 bits per heavy atom. The fourth-order valence-electron chi connectivity index (χ4n) is 4.22. The molecule has 0 saturated carbocycles. The number of piperazine rings is 1. The molecule has 0 atom stereocenters. The third-order valence-corrected chi connectivity index (χ3v) is 7.20. The average molecular weight is 610 g/mol. The molecule has 5 rings (SSSR count). The summed E-state index contributed by atoms with van der Waals surface area (Å²) in [7, 11) is 0. The zero-order chi connectivity index (χ0) is 25.8. The van der Waals surface area contributed by atoms with Crippen LogP contribution in [0, 0.1) is 0 Å². The van der Waals surface area contributed by atoms with E-state index >= 15 is 0 Å². The SMILES string of the molecule is C=CC(=O)Nc1ccc(CN2C(=O)NCc3cnc(Nc4ccc(N5CCN(I)CC5)cc4)nc32)cc1. The zero-order valence-corrected chi connectivity index (χ0v) is 22.3. The standard InChI is InChI=1S/C26H27IN8O2/c1-2-23(36)30-20-5-3-18(4-6-20)17-35-24-19(16-29-26(35)37)15-28-25(32-24)31-21-7-9-22(10-8-21)33-11-13-34(27)14-12-33/h2-10,15H,1,11-14,16-17H2,(H,29,37)(H,30,36)(H,28,31,32). The monoisotopic (exact) mass is 610 g/mol. The molecule has 2 aliphatic rings. The normalized spacial score (nSPS) is 15.5. The minimum atomic E-state index is -0.275. The highest BCUT2D eigenvalue weighted by molar-refractivity contribution is 14.1. The van der Waals surface area contributed by atoms with E-state index in [1.165, 1.54) is 11.8 Å². The lowest BCUT2D eigenvalue weighted by Crippen LogP contribution is -2.44. The molecule has 3 amide bonds. The van der Waals surface area contributed by atoms with Crippen LogP contribution in [0.15, 0.2) is 67.4 Å². The second-order valence-corrected chi connectivity index (χ2v) is 10.1. The number of benzene rings is 2. The highest BCUT2D eigenvalue weighted by Crippen LogP contribution is 2.27. The predicted octanol–water partition coefficient (Wildman–Crippen LogP) is 4.05. The fourth-order valence-corrected chi connectivity index (χ4v) is 4.65. The Hall–Kier alpha value is -3.71. The van der Waals surface area contributed by atoms with Gasteiger partial charge in [-0.05, 0) is 48.0 Å².